The minimum atomic E-state index is -0.990. The molecule has 0 fully saturated rings. The Labute approximate surface area is 98.5 Å². The quantitative estimate of drug-likeness (QED) is 0.717. The molecule has 0 aliphatic carbocycles. The Hall–Kier alpha value is 0.191. The molecule has 0 amide bonds. The van der Waals surface area contributed by atoms with Crippen molar-refractivity contribution in [1.82, 2.24) is 4.98 Å². The summed E-state index contributed by atoms with van der Waals surface area (Å²) in [4.78, 5) is 13.7. The van der Waals surface area contributed by atoms with Crippen LogP contribution in [0.1, 0.15) is 10.5 Å². The van der Waals surface area contributed by atoms with Gasteiger partial charge in [0.2, 0.25) is 0 Å². The summed E-state index contributed by atoms with van der Waals surface area (Å²) in [5, 5.41) is 8.32. The van der Waals surface area contributed by atoms with Crippen LogP contribution < -0.4 is 0 Å². The van der Waals surface area contributed by atoms with Crippen molar-refractivity contribution in [2.45, 2.75) is 0 Å². The van der Waals surface area contributed by atoms with Crippen LogP contribution in [0.15, 0.2) is 24.4 Å². The van der Waals surface area contributed by atoms with E-state index in [2.05, 4.69) is 4.98 Å². The Morgan fingerprint density at radius 3 is 2.50 bits per heavy atom. The van der Waals surface area contributed by atoms with Crippen LogP contribution in [0.4, 0.5) is 0 Å². The van der Waals surface area contributed by atoms with E-state index in [1.165, 1.54) is 12.3 Å². The van der Waals surface area contributed by atoms with Gasteiger partial charge in [-0.15, -0.1) is 0 Å². The van der Waals surface area contributed by atoms with Gasteiger partial charge in [-0.1, -0.05) is 6.07 Å². The number of carboxylic acids is 1. The first kappa shape index (κ1) is 10.2. The summed E-state index contributed by atoms with van der Waals surface area (Å²) in [6.45, 7) is 0. The van der Waals surface area contributed by atoms with Gasteiger partial charge in [-0.3, -0.25) is 0 Å². The summed E-state index contributed by atoms with van der Waals surface area (Å²) in [5.74, 6) is -0.990. The van der Waals surface area contributed by atoms with Crippen molar-refractivity contribution >= 4 is 54.9 Å². The molecule has 1 aromatic heterocycles. The molecule has 1 heterocycles. The molecular weight excluding hydrogens is 255 g/mol. The van der Waals surface area contributed by atoms with Gasteiger partial charge in [0, 0.05) is 6.20 Å². The molecule has 0 aromatic carbocycles. The molecule has 0 unspecified atom stereocenters. The molecule has 0 aliphatic rings. The van der Waals surface area contributed by atoms with Crippen LogP contribution in [0.5, 0.6) is 0 Å². The van der Waals surface area contributed by atoms with Crippen molar-refractivity contribution in [3.8, 4) is 0 Å². The Morgan fingerprint density at radius 2 is 2.20 bits per heavy atom. The number of carbonyl (C=O) groups is 1. The molecule has 0 bridgehead atoms. The van der Waals surface area contributed by atoms with E-state index in [1.807, 2.05) is 0 Å². The van der Waals surface area contributed by atoms with Crippen molar-refractivity contribution in [3.05, 3.63) is 30.1 Å². The first-order valence-corrected chi connectivity index (χ1v) is 2.45. The van der Waals surface area contributed by atoms with Crippen LogP contribution in [0.3, 0.4) is 0 Å². The Balaban J connectivity index is 0.000000810. The molecule has 1 aromatic rings. The number of nitrogens with zero attached hydrogens (tertiary/aromatic N) is 1. The Bertz CT molecular complexity index is 212. The average Bonchev–Trinajstić information content (AvgIpc) is 1.90. The Kier molecular flexibility index (Phi) is 5.02. The van der Waals surface area contributed by atoms with Gasteiger partial charge in [0.05, 0.1) is 0 Å². The van der Waals surface area contributed by atoms with E-state index in [9.17, 15) is 4.79 Å². The topological polar surface area (TPSA) is 50.2 Å². The summed E-state index contributed by atoms with van der Waals surface area (Å²) in [7, 11) is 0. The van der Waals surface area contributed by atoms with Gasteiger partial charge in [-0.25, -0.2) is 9.78 Å². The molecule has 50 valence electrons. The predicted octanol–water partition coefficient (Wildman–Crippen LogP) is -0.136. The molecule has 10 heavy (non-hydrogen) atoms. The number of pyridine rings is 1. The molecule has 3 nitrogen and oxygen atoms in total. The van der Waals surface area contributed by atoms with Crippen LogP contribution in [0.2, 0.25) is 0 Å². The van der Waals surface area contributed by atoms with Crippen molar-refractivity contribution in [2.75, 3.05) is 0 Å². The number of hydrogen-bond donors (Lipinski definition) is 1. The zero-order chi connectivity index (χ0) is 6.69. The van der Waals surface area contributed by atoms with E-state index < -0.39 is 5.97 Å². The molecule has 0 saturated heterocycles. The normalized spacial score (nSPS) is 8.00. The van der Waals surface area contributed by atoms with E-state index in [0.29, 0.717) is 0 Å². The molecule has 0 atom stereocenters. The second kappa shape index (κ2) is 4.92. The molecule has 0 spiro atoms. The zero-order valence-corrected chi connectivity index (χ0v) is 4.61. The van der Waals surface area contributed by atoms with Gasteiger partial charge in [0.25, 0.3) is 0 Å². The molecular formula is C6H7BaNO2. The van der Waals surface area contributed by atoms with Gasteiger partial charge in [-0.2, -0.15) is 0 Å². The summed E-state index contributed by atoms with van der Waals surface area (Å²) in [6, 6.07) is 4.76. The van der Waals surface area contributed by atoms with Crippen LogP contribution in [-0.2, 0) is 0 Å². The van der Waals surface area contributed by atoms with Gasteiger partial charge in [0.15, 0.2) is 0 Å². The number of carboxylic acid groups (broad SMARTS) is 1. The average molecular weight is 262 g/mol. The number of rotatable bonds is 1. The zero-order valence-electron chi connectivity index (χ0n) is 4.61. The molecule has 1 rings (SSSR count). The van der Waals surface area contributed by atoms with Crippen molar-refractivity contribution in [2.24, 2.45) is 0 Å². The predicted molar refractivity (Wildman–Crippen MR) is 39.7 cm³/mol. The van der Waals surface area contributed by atoms with Gasteiger partial charge < -0.3 is 5.11 Å². The van der Waals surface area contributed by atoms with E-state index in [1.54, 1.807) is 12.1 Å². The maximum absolute atomic E-state index is 10.1. The summed E-state index contributed by atoms with van der Waals surface area (Å²) < 4.78 is 0. The SMILES string of the molecule is O=C(O)c1ccccn1.[BaH2]. The molecule has 0 radical (unpaired) electrons. The first-order chi connectivity index (χ1) is 4.30. The van der Waals surface area contributed by atoms with Gasteiger partial charge >= 0.3 is 54.9 Å². The Morgan fingerprint density at radius 1 is 1.50 bits per heavy atom. The van der Waals surface area contributed by atoms with Crippen molar-refractivity contribution in [1.29, 1.82) is 0 Å². The van der Waals surface area contributed by atoms with Crippen LogP contribution in [0, 0.1) is 0 Å². The summed E-state index contributed by atoms with van der Waals surface area (Å²) >= 11 is 0. The van der Waals surface area contributed by atoms with Crippen molar-refractivity contribution < 1.29 is 9.90 Å². The fourth-order valence-electron chi connectivity index (χ4n) is 0.489. The first-order valence-electron chi connectivity index (χ1n) is 2.45. The van der Waals surface area contributed by atoms with E-state index in [0.717, 1.165) is 0 Å². The second-order valence-electron chi connectivity index (χ2n) is 1.52. The number of hydrogen-bond acceptors (Lipinski definition) is 2. The third-order valence-electron chi connectivity index (χ3n) is 0.884. The number of aromatic nitrogens is 1. The van der Waals surface area contributed by atoms with E-state index >= 15 is 0 Å². The van der Waals surface area contributed by atoms with E-state index in [4.69, 9.17) is 5.11 Å². The fourth-order valence-corrected chi connectivity index (χ4v) is 0.489. The van der Waals surface area contributed by atoms with Crippen LogP contribution in [-0.4, -0.2) is 64.9 Å². The van der Waals surface area contributed by atoms with Gasteiger partial charge in [-0.05, 0) is 12.1 Å². The van der Waals surface area contributed by atoms with Crippen LogP contribution >= 0.6 is 0 Å². The van der Waals surface area contributed by atoms with E-state index in [-0.39, 0.29) is 54.6 Å². The third kappa shape index (κ3) is 2.85. The van der Waals surface area contributed by atoms with Crippen molar-refractivity contribution in [3.63, 3.8) is 0 Å². The van der Waals surface area contributed by atoms with Gasteiger partial charge in [0.1, 0.15) is 5.69 Å². The monoisotopic (exact) mass is 263 g/mol. The molecule has 0 aliphatic heterocycles. The fraction of sp³-hybridized carbons (Fsp3) is 0. The van der Waals surface area contributed by atoms with Crippen LogP contribution in [0.25, 0.3) is 0 Å². The minimum absolute atomic E-state index is 0. The maximum atomic E-state index is 10.1. The third-order valence-corrected chi connectivity index (χ3v) is 0.884. The molecule has 0 saturated carbocycles. The molecule has 4 heteroatoms. The molecule has 1 N–H and O–H groups in total. The standard InChI is InChI=1S/C6H5NO2.Ba.2H/c8-6(9)5-3-1-2-4-7-5;;;/h1-4H,(H,8,9);;;. The summed E-state index contributed by atoms with van der Waals surface area (Å²) in [5.41, 5.74) is 0.0810. The second-order valence-corrected chi connectivity index (χ2v) is 1.52. The number of aromatic carboxylic acids is 1. The summed E-state index contributed by atoms with van der Waals surface area (Å²) in [6.07, 6.45) is 1.45.